The van der Waals surface area contributed by atoms with Crippen LogP contribution in [0.1, 0.15) is 18.9 Å². The summed E-state index contributed by atoms with van der Waals surface area (Å²) >= 11 is 0. The van der Waals surface area contributed by atoms with Crippen molar-refractivity contribution in [2.45, 2.75) is 25.2 Å². The molecule has 2 rings (SSSR count). The van der Waals surface area contributed by atoms with Crippen LogP contribution in [0.15, 0.2) is 24.3 Å². The van der Waals surface area contributed by atoms with Gasteiger partial charge >= 0.3 is 5.97 Å². The number of aliphatic carboxylic acids is 1. The number of phenolic OH excluding ortho intramolecular Hbond substituents is 1. The summed E-state index contributed by atoms with van der Waals surface area (Å²) in [4.78, 5) is 10.6. The van der Waals surface area contributed by atoms with Crippen molar-refractivity contribution in [1.29, 1.82) is 0 Å². The third-order valence-corrected chi connectivity index (χ3v) is 2.73. The zero-order valence-corrected chi connectivity index (χ0v) is 9.42. The Morgan fingerprint density at radius 3 is 2.88 bits per heavy atom. The van der Waals surface area contributed by atoms with Gasteiger partial charge in [-0.2, -0.15) is 0 Å². The summed E-state index contributed by atoms with van der Waals surface area (Å²) in [5, 5.41) is 18.4. The lowest BCUT2D eigenvalue weighted by molar-refractivity contribution is -0.166. The van der Waals surface area contributed by atoms with Crippen molar-refractivity contribution in [2.24, 2.45) is 0 Å². The highest BCUT2D eigenvalue weighted by Gasteiger charge is 2.41. The first-order valence-corrected chi connectivity index (χ1v) is 5.33. The predicted molar refractivity (Wildman–Crippen MR) is 58.5 cm³/mol. The lowest BCUT2D eigenvalue weighted by atomic mass is 10.1. The Bertz CT molecular complexity index is 431. The Morgan fingerprint density at radius 2 is 2.24 bits per heavy atom. The van der Waals surface area contributed by atoms with Crippen LogP contribution in [0.5, 0.6) is 5.75 Å². The number of benzene rings is 1. The van der Waals surface area contributed by atoms with Gasteiger partial charge in [0.1, 0.15) is 5.75 Å². The topological polar surface area (TPSA) is 76.0 Å². The lowest BCUT2D eigenvalue weighted by Crippen LogP contribution is -2.24. The molecule has 92 valence electrons. The molecule has 0 bridgehead atoms. The van der Waals surface area contributed by atoms with Gasteiger partial charge in [-0.1, -0.05) is 12.1 Å². The van der Waals surface area contributed by atoms with E-state index in [0.717, 1.165) is 0 Å². The average Bonchev–Trinajstić information content (AvgIpc) is 2.60. The van der Waals surface area contributed by atoms with Crippen LogP contribution in [0.25, 0.3) is 0 Å². The molecule has 5 nitrogen and oxygen atoms in total. The molecule has 1 aliphatic rings. The highest BCUT2D eigenvalue weighted by atomic mass is 16.7. The van der Waals surface area contributed by atoms with Crippen molar-refractivity contribution in [1.82, 2.24) is 0 Å². The molecule has 1 heterocycles. The second-order valence-electron chi connectivity index (χ2n) is 4.11. The molecular weight excluding hydrogens is 224 g/mol. The van der Waals surface area contributed by atoms with Gasteiger partial charge in [0.05, 0.1) is 24.7 Å². The van der Waals surface area contributed by atoms with Crippen LogP contribution >= 0.6 is 0 Å². The lowest BCUT2D eigenvalue weighted by Gasteiger charge is -2.24. The van der Waals surface area contributed by atoms with Gasteiger partial charge in [-0.05, 0) is 19.1 Å². The summed E-state index contributed by atoms with van der Waals surface area (Å²) in [6.45, 7) is 1.88. The molecule has 2 N–H and O–H groups in total. The van der Waals surface area contributed by atoms with E-state index >= 15 is 0 Å². The first-order valence-electron chi connectivity index (χ1n) is 5.33. The molecule has 17 heavy (non-hydrogen) atoms. The standard InChI is InChI=1S/C12H14O5/c1-12(9-4-2-3-5-10(9)13)16-7-8(17-12)6-11(14)15/h2-5,8,13H,6-7H2,1H3,(H,14,15). The molecule has 0 radical (unpaired) electrons. The number of para-hydroxylation sites is 1. The molecule has 5 heteroatoms. The molecule has 1 aliphatic heterocycles. The Kier molecular flexibility index (Phi) is 3.04. The molecule has 0 aromatic heterocycles. The van der Waals surface area contributed by atoms with E-state index < -0.39 is 17.9 Å². The predicted octanol–water partition coefficient (Wildman–Crippen LogP) is 1.46. The number of rotatable bonds is 3. The minimum atomic E-state index is -1.08. The molecule has 1 fully saturated rings. The van der Waals surface area contributed by atoms with Crippen LogP contribution < -0.4 is 0 Å². The molecule has 2 unspecified atom stereocenters. The minimum absolute atomic E-state index is 0.0750. The molecule has 2 atom stereocenters. The maximum absolute atomic E-state index is 10.6. The van der Waals surface area contributed by atoms with E-state index in [1.54, 1.807) is 25.1 Å². The van der Waals surface area contributed by atoms with Crippen molar-refractivity contribution in [3.8, 4) is 5.75 Å². The van der Waals surface area contributed by atoms with Gasteiger partial charge < -0.3 is 19.7 Å². The fourth-order valence-corrected chi connectivity index (χ4v) is 1.93. The van der Waals surface area contributed by atoms with E-state index in [2.05, 4.69) is 0 Å². The number of hydrogen-bond acceptors (Lipinski definition) is 4. The molecular formula is C12H14O5. The largest absolute Gasteiger partial charge is 0.507 e. The molecule has 1 saturated heterocycles. The van der Waals surface area contributed by atoms with Crippen LogP contribution in [0.4, 0.5) is 0 Å². The number of carboxylic acids is 1. The summed E-state index contributed by atoms with van der Waals surface area (Å²) < 4.78 is 11.0. The SMILES string of the molecule is CC1(c2ccccc2O)OCC(CC(=O)O)O1. The highest BCUT2D eigenvalue weighted by molar-refractivity contribution is 5.67. The van der Waals surface area contributed by atoms with E-state index in [0.29, 0.717) is 5.56 Å². The van der Waals surface area contributed by atoms with Crippen LogP contribution in [0.2, 0.25) is 0 Å². The Hall–Kier alpha value is -1.59. The normalized spacial score (nSPS) is 28.2. The zero-order chi connectivity index (χ0) is 12.5. The summed E-state index contributed by atoms with van der Waals surface area (Å²) in [5.74, 6) is -1.93. The fourth-order valence-electron chi connectivity index (χ4n) is 1.93. The van der Waals surface area contributed by atoms with Gasteiger partial charge in [-0.3, -0.25) is 4.79 Å². The number of phenols is 1. The van der Waals surface area contributed by atoms with Crippen LogP contribution in [-0.4, -0.2) is 28.9 Å². The number of hydrogen-bond donors (Lipinski definition) is 2. The quantitative estimate of drug-likeness (QED) is 0.833. The molecule has 0 aliphatic carbocycles. The maximum Gasteiger partial charge on any atom is 0.306 e. The number of ether oxygens (including phenoxy) is 2. The number of carbonyl (C=O) groups is 1. The van der Waals surface area contributed by atoms with E-state index in [1.165, 1.54) is 6.07 Å². The van der Waals surface area contributed by atoms with Gasteiger partial charge in [-0.25, -0.2) is 0 Å². The van der Waals surface area contributed by atoms with Crippen molar-refractivity contribution in [2.75, 3.05) is 6.61 Å². The van der Waals surface area contributed by atoms with Crippen molar-refractivity contribution in [3.63, 3.8) is 0 Å². The monoisotopic (exact) mass is 238 g/mol. The van der Waals surface area contributed by atoms with E-state index in [4.69, 9.17) is 14.6 Å². The van der Waals surface area contributed by atoms with Crippen LogP contribution in [0, 0.1) is 0 Å². The highest BCUT2D eigenvalue weighted by Crippen LogP contribution is 2.38. The second-order valence-corrected chi connectivity index (χ2v) is 4.11. The molecule has 0 saturated carbocycles. The van der Waals surface area contributed by atoms with Gasteiger partial charge in [0.25, 0.3) is 0 Å². The van der Waals surface area contributed by atoms with Crippen molar-refractivity contribution >= 4 is 5.97 Å². The van der Waals surface area contributed by atoms with Gasteiger partial charge in [0, 0.05) is 0 Å². The average molecular weight is 238 g/mol. The molecule has 0 amide bonds. The van der Waals surface area contributed by atoms with E-state index in [9.17, 15) is 9.90 Å². The third kappa shape index (κ3) is 2.40. The number of aromatic hydroxyl groups is 1. The van der Waals surface area contributed by atoms with Crippen molar-refractivity contribution in [3.05, 3.63) is 29.8 Å². The molecule has 1 aromatic carbocycles. The Labute approximate surface area is 98.6 Å². The van der Waals surface area contributed by atoms with Gasteiger partial charge in [0.2, 0.25) is 0 Å². The maximum atomic E-state index is 10.6. The zero-order valence-electron chi connectivity index (χ0n) is 9.42. The summed E-state index contributed by atoms with van der Waals surface area (Å²) in [7, 11) is 0. The van der Waals surface area contributed by atoms with Gasteiger partial charge in [-0.15, -0.1) is 0 Å². The third-order valence-electron chi connectivity index (χ3n) is 2.73. The van der Waals surface area contributed by atoms with E-state index in [1.807, 2.05) is 0 Å². The Morgan fingerprint density at radius 1 is 1.53 bits per heavy atom. The van der Waals surface area contributed by atoms with E-state index in [-0.39, 0.29) is 18.8 Å². The second kappa shape index (κ2) is 4.35. The van der Waals surface area contributed by atoms with Crippen LogP contribution in [-0.2, 0) is 20.1 Å². The fraction of sp³-hybridized carbons (Fsp3) is 0.417. The summed E-state index contributed by atoms with van der Waals surface area (Å²) in [5.41, 5.74) is 0.507. The first kappa shape index (κ1) is 11.9. The van der Waals surface area contributed by atoms with Gasteiger partial charge in [0.15, 0.2) is 5.79 Å². The smallest absolute Gasteiger partial charge is 0.306 e. The molecule has 1 aromatic rings. The first-order chi connectivity index (χ1) is 8.01. The summed E-state index contributed by atoms with van der Waals surface area (Å²) in [6, 6.07) is 6.69. The Balaban J connectivity index is 2.17. The van der Waals surface area contributed by atoms with Crippen molar-refractivity contribution < 1.29 is 24.5 Å². The molecule has 0 spiro atoms. The summed E-state index contributed by atoms with van der Waals surface area (Å²) in [6.07, 6.45) is -0.597. The number of carboxylic acid groups (broad SMARTS) is 1. The minimum Gasteiger partial charge on any atom is -0.507 e. The van der Waals surface area contributed by atoms with Crippen LogP contribution in [0.3, 0.4) is 0 Å².